The molecule has 1 fully saturated rings. The highest BCUT2D eigenvalue weighted by Crippen LogP contribution is 2.40. The lowest BCUT2D eigenvalue weighted by atomic mass is 10.1. The van der Waals surface area contributed by atoms with Crippen LogP contribution in [0.25, 0.3) is 11.3 Å². The quantitative estimate of drug-likeness (QED) is 0.598. The number of aromatic nitrogens is 4. The van der Waals surface area contributed by atoms with E-state index in [0.29, 0.717) is 47.6 Å². The highest BCUT2D eigenvalue weighted by molar-refractivity contribution is 5.93. The molecule has 1 N–H and O–H groups in total. The van der Waals surface area contributed by atoms with Gasteiger partial charge in [-0.3, -0.25) is 9.89 Å². The average molecular weight is 439 g/mol. The van der Waals surface area contributed by atoms with Crippen LogP contribution in [0.5, 0.6) is 23.1 Å². The van der Waals surface area contributed by atoms with Gasteiger partial charge in [0, 0.05) is 24.6 Å². The van der Waals surface area contributed by atoms with E-state index in [-0.39, 0.29) is 12.0 Å². The number of hydrogen-bond acceptors (Lipinski definition) is 8. The van der Waals surface area contributed by atoms with E-state index in [9.17, 15) is 4.79 Å². The van der Waals surface area contributed by atoms with E-state index in [1.165, 1.54) is 0 Å². The Labute approximate surface area is 185 Å². The molecule has 0 spiro atoms. The lowest BCUT2D eigenvalue weighted by molar-refractivity contribution is 0.0765. The summed E-state index contributed by atoms with van der Waals surface area (Å²) in [6.07, 6.45) is 0.586. The zero-order valence-corrected chi connectivity index (χ0v) is 18.4. The maximum absolute atomic E-state index is 13.0. The number of nitrogens with one attached hydrogen (secondary N) is 1. The Morgan fingerprint density at radius 1 is 1.06 bits per heavy atom. The maximum atomic E-state index is 13.0. The van der Waals surface area contributed by atoms with E-state index < -0.39 is 0 Å². The van der Waals surface area contributed by atoms with Crippen molar-refractivity contribution in [3.05, 3.63) is 41.7 Å². The molecule has 1 aromatic carbocycles. The summed E-state index contributed by atoms with van der Waals surface area (Å²) in [4.78, 5) is 14.7. The van der Waals surface area contributed by atoms with Crippen molar-refractivity contribution in [2.45, 2.75) is 19.4 Å². The van der Waals surface area contributed by atoms with Gasteiger partial charge in [0.1, 0.15) is 11.8 Å². The number of methoxy groups -OCH3 is 3. The van der Waals surface area contributed by atoms with Gasteiger partial charge in [0.05, 0.1) is 39.3 Å². The van der Waals surface area contributed by atoms with Gasteiger partial charge in [-0.1, -0.05) is 0 Å². The van der Waals surface area contributed by atoms with Gasteiger partial charge in [0.15, 0.2) is 11.5 Å². The number of carbonyl (C=O) groups is 1. The van der Waals surface area contributed by atoms with Crippen molar-refractivity contribution in [1.29, 1.82) is 0 Å². The summed E-state index contributed by atoms with van der Waals surface area (Å²) in [5.41, 5.74) is 2.54. The Morgan fingerprint density at radius 3 is 2.44 bits per heavy atom. The summed E-state index contributed by atoms with van der Waals surface area (Å²) < 4.78 is 22.0. The van der Waals surface area contributed by atoms with Gasteiger partial charge in [-0.05, 0) is 31.2 Å². The minimum absolute atomic E-state index is 0.131. The first-order chi connectivity index (χ1) is 15.5. The molecule has 1 unspecified atom stereocenters. The number of benzene rings is 1. The van der Waals surface area contributed by atoms with Gasteiger partial charge in [-0.25, -0.2) is 0 Å². The van der Waals surface area contributed by atoms with Crippen LogP contribution in [-0.2, 0) is 0 Å². The number of hydrogen-bond donors (Lipinski definition) is 1. The minimum Gasteiger partial charge on any atom is -0.493 e. The van der Waals surface area contributed by atoms with Gasteiger partial charge in [0.25, 0.3) is 5.91 Å². The van der Waals surface area contributed by atoms with Gasteiger partial charge < -0.3 is 23.8 Å². The van der Waals surface area contributed by atoms with E-state index in [0.717, 1.165) is 17.7 Å². The molecule has 3 heterocycles. The SMILES string of the molecule is COc1cc(-c2cc(C(=O)N3CCC(Oc4ccc(C)nn4)C3)[nH]n2)cc(OC)c1OC. The first kappa shape index (κ1) is 21.4. The number of nitrogens with zero attached hydrogens (tertiary/aromatic N) is 4. The van der Waals surface area contributed by atoms with Gasteiger partial charge in [0.2, 0.25) is 11.6 Å². The highest BCUT2D eigenvalue weighted by Gasteiger charge is 2.30. The van der Waals surface area contributed by atoms with Crippen LogP contribution in [0, 0.1) is 6.92 Å². The standard InChI is InChI=1S/C22H25N5O5/c1-13-5-6-20(26-23-13)32-15-7-8-27(12-15)22(28)17-11-16(24-25-17)14-9-18(29-2)21(31-4)19(10-14)30-3/h5-6,9-11,15H,7-8,12H2,1-4H3,(H,24,25). The summed E-state index contributed by atoms with van der Waals surface area (Å²) in [5, 5.41) is 15.2. The third-order valence-electron chi connectivity index (χ3n) is 5.26. The van der Waals surface area contributed by atoms with E-state index in [4.69, 9.17) is 18.9 Å². The molecule has 0 aliphatic carbocycles. The van der Waals surface area contributed by atoms with Crippen molar-refractivity contribution in [2.24, 2.45) is 0 Å². The summed E-state index contributed by atoms with van der Waals surface area (Å²) >= 11 is 0. The Balaban J connectivity index is 1.47. The van der Waals surface area contributed by atoms with Crippen molar-refractivity contribution in [2.75, 3.05) is 34.4 Å². The fraction of sp³-hybridized carbons (Fsp3) is 0.364. The predicted octanol–water partition coefficient (Wildman–Crippen LogP) is 2.49. The number of rotatable bonds is 7. The number of amides is 1. The molecule has 0 bridgehead atoms. The van der Waals surface area contributed by atoms with Gasteiger partial charge in [-0.15, -0.1) is 5.10 Å². The summed E-state index contributed by atoms with van der Waals surface area (Å²) in [6, 6.07) is 8.91. The number of likely N-dealkylation sites (tertiary alicyclic amines) is 1. The number of aromatic amines is 1. The molecular formula is C22H25N5O5. The van der Waals surface area contributed by atoms with E-state index in [1.807, 2.05) is 13.0 Å². The number of H-pyrrole nitrogens is 1. The normalized spacial score (nSPS) is 15.5. The molecular weight excluding hydrogens is 414 g/mol. The van der Waals surface area contributed by atoms with E-state index in [2.05, 4.69) is 20.4 Å². The molecule has 0 radical (unpaired) electrons. The van der Waals surface area contributed by atoms with Crippen molar-refractivity contribution in [1.82, 2.24) is 25.3 Å². The first-order valence-corrected chi connectivity index (χ1v) is 10.1. The monoisotopic (exact) mass is 439 g/mol. The number of ether oxygens (including phenoxy) is 4. The molecule has 1 aliphatic heterocycles. The molecule has 2 aromatic heterocycles. The zero-order chi connectivity index (χ0) is 22.7. The zero-order valence-electron chi connectivity index (χ0n) is 18.4. The second-order valence-corrected chi connectivity index (χ2v) is 7.37. The van der Waals surface area contributed by atoms with Crippen molar-refractivity contribution < 1.29 is 23.7 Å². The molecule has 1 aliphatic rings. The molecule has 168 valence electrons. The maximum Gasteiger partial charge on any atom is 0.272 e. The smallest absolute Gasteiger partial charge is 0.272 e. The fourth-order valence-electron chi connectivity index (χ4n) is 3.61. The summed E-state index contributed by atoms with van der Waals surface area (Å²) in [7, 11) is 4.65. The van der Waals surface area contributed by atoms with Crippen LogP contribution in [0.15, 0.2) is 30.3 Å². The molecule has 10 heteroatoms. The van der Waals surface area contributed by atoms with Crippen LogP contribution in [0.4, 0.5) is 0 Å². The van der Waals surface area contributed by atoms with E-state index >= 15 is 0 Å². The summed E-state index contributed by atoms with van der Waals surface area (Å²) in [6.45, 7) is 2.91. The molecule has 4 rings (SSSR count). The predicted molar refractivity (Wildman–Crippen MR) is 115 cm³/mol. The van der Waals surface area contributed by atoms with Gasteiger partial charge >= 0.3 is 0 Å². The van der Waals surface area contributed by atoms with Crippen LogP contribution in [0.3, 0.4) is 0 Å². The third-order valence-corrected chi connectivity index (χ3v) is 5.26. The molecule has 1 atom stereocenters. The van der Waals surface area contributed by atoms with Crippen LogP contribution < -0.4 is 18.9 Å². The van der Waals surface area contributed by atoms with E-state index in [1.54, 1.807) is 50.5 Å². The van der Waals surface area contributed by atoms with Crippen molar-refractivity contribution >= 4 is 5.91 Å². The van der Waals surface area contributed by atoms with Crippen LogP contribution >= 0.6 is 0 Å². The molecule has 3 aromatic rings. The lowest BCUT2D eigenvalue weighted by Gasteiger charge is -2.15. The third kappa shape index (κ3) is 4.29. The fourth-order valence-corrected chi connectivity index (χ4v) is 3.61. The number of carbonyl (C=O) groups excluding carboxylic acids is 1. The van der Waals surface area contributed by atoms with Gasteiger partial charge in [-0.2, -0.15) is 10.2 Å². The second-order valence-electron chi connectivity index (χ2n) is 7.37. The first-order valence-electron chi connectivity index (χ1n) is 10.1. The average Bonchev–Trinajstić information content (AvgIpc) is 3.49. The molecule has 1 saturated heterocycles. The Hall–Kier alpha value is -3.82. The number of aryl methyl sites for hydroxylation is 1. The van der Waals surface area contributed by atoms with Crippen LogP contribution in [-0.4, -0.2) is 71.7 Å². The molecule has 1 amide bonds. The van der Waals surface area contributed by atoms with Crippen molar-refractivity contribution in [3.63, 3.8) is 0 Å². The molecule has 0 saturated carbocycles. The topological polar surface area (TPSA) is 112 Å². The second kappa shape index (κ2) is 9.13. The molecule has 32 heavy (non-hydrogen) atoms. The minimum atomic E-state index is -0.141. The largest absolute Gasteiger partial charge is 0.493 e. The van der Waals surface area contributed by atoms with Crippen molar-refractivity contribution in [3.8, 4) is 34.4 Å². The molecule has 10 nitrogen and oxygen atoms in total. The lowest BCUT2D eigenvalue weighted by Crippen LogP contribution is -2.31. The Bertz CT molecular complexity index is 1070. The highest BCUT2D eigenvalue weighted by atomic mass is 16.5. The Morgan fingerprint density at radius 2 is 1.81 bits per heavy atom. The Kier molecular flexibility index (Phi) is 6.11. The van der Waals surface area contributed by atoms with Crippen LogP contribution in [0.2, 0.25) is 0 Å². The van der Waals surface area contributed by atoms with Crippen LogP contribution in [0.1, 0.15) is 22.6 Å². The summed E-state index contributed by atoms with van der Waals surface area (Å²) in [5.74, 6) is 1.83.